The van der Waals surface area contributed by atoms with E-state index in [1.54, 1.807) is 0 Å². The average molecular weight is 113 g/mol. The van der Waals surface area contributed by atoms with Gasteiger partial charge in [0.15, 0.2) is 0 Å². The molecule has 44 valence electrons. The number of rotatable bonds is 1. The van der Waals surface area contributed by atoms with Crippen molar-refractivity contribution in [1.82, 2.24) is 5.16 Å². The normalized spacial score (nSPS) is 9.62. The molecular formula is C5H7NO2. The first-order valence-corrected chi connectivity index (χ1v) is 2.49. The molecule has 1 heterocycles. The van der Waals surface area contributed by atoms with Gasteiger partial charge in [-0.25, -0.2) is 0 Å². The summed E-state index contributed by atoms with van der Waals surface area (Å²) in [6.45, 7) is 1.90. The van der Waals surface area contributed by atoms with Gasteiger partial charge in [-0.1, -0.05) is 6.92 Å². The van der Waals surface area contributed by atoms with Crippen molar-refractivity contribution in [2.24, 2.45) is 0 Å². The van der Waals surface area contributed by atoms with E-state index in [1.807, 2.05) is 6.92 Å². The Kier molecular flexibility index (Phi) is 1.20. The molecule has 0 saturated heterocycles. The van der Waals surface area contributed by atoms with Crippen LogP contribution in [0.25, 0.3) is 0 Å². The molecule has 3 nitrogen and oxygen atoms in total. The summed E-state index contributed by atoms with van der Waals surface area (Å²) in [5.41, 5.74) is 0.581. The van der Waals surface area contributed by atoms with Gasteiger partial charge in [0.2, 0.25) is 0 Å². The third-order valence-electron chi connectivity index (χ3n) is 1.03. The van der Waals surface area contributed by atoms with Gasteiger partial charge in [0.05, 0.1) is 5.56 Å². The molecule has 0 spiro atoms. The minimum atomic E-state index is -0.118. The van der Waals surface area contributed by atoms with E-state index in [-0.39, 0.29) is 5.56 Å². The molecule has 1 N–H and O–H groups in total. The second-order valence-electron chi connectivity index (χ2n) is 1.55. The van der Waals surface area contributed by atoms with Gasteiger partial charge in [0.25, 0.3) is 5.56 Å². The standard InChI is InChI=1S/C5H7NO2/c1-2-4-3-8-6-5(4)7/h3H,2H2,1H3,(H,6,7). The third-order valence-corrected chi connectivity index (χ3v) is 1.03. The van der Waals surface area contributed by atoms with Crippen LogP contribution in [0.5, 0.6) is 0 Å². The van der Waals surface area contributed by atoms with Crippen molar-refractivity contribution in [3.63, 3.8) is 0 Å². The predicted octanol–water partition coefficient (Wildman–Crippen LogP) is 0.530. The number of hydrogen-bond acceptors (Lipinski definition) is 2. The summed E-state index contributed by atoms with van der Waals surface area (Å²) in [7, 11) is 0. The Labute approximate surface area is 46.3 Å². The molecule has 3 heteroatoms. The Morgan fingerprint density at radius 1 is 1.88 bits per heavy atom. The molecule has 0 atom stereocenters. The second kappa shape index (κ2) is 1.86. The molecule has 0 aliphatic heterocycles. The zero-order valence-corrected chi connectivity index (χ0v) is 4.60. The van der Waals surface area contributed by atoms with Gasteiger partial charge in [-0.05, 0) is 6.42 Å². The first-order valence-electron chi connectivity index (χ1n) is 2.49. The van der Waals surface area contributed by atoms with E-state index >= 15 is 0 Å². The van der Waals surface area contributed by atoms with Crippen LogP contribution in [0, 0.1) is 0 Å². The largest absolute Gasteiger partial charge is 0.387 e. The molecule has 0 unspecified atom stereocenters. The van der Waals surface area contributed by atoms with Crippen LogP contribution in [-0.4, -0.2) is 5.16 Å². The Morgan fingerprint density at radius 3 is 2.88 bits per heavy atom. The van der Waals surface area contributed by atoms with Gasteiger partial charge in [0.1, 0.15) is 6.26 Å². The highest BCUT2D eigenvalue weighted by molar-refractivity contribution is 4.99. The molecule has 1 aromatic heterocycles. The topological polar surface area (TPSA) is 46.0 Å². The lowest BCUT2D eigenvalue weighted by Gasteiger charge is -1.74. The van der Waals surface area contributed by atoms with Crippen molar-refractivity contribution in [2.75, 3.05) is 0 Å². The lowest BCUT2D eigenvalue weighted by atomic mass is 10.3. The van der Waals surface area contributed by atoms with Gasteiger partial charge in [-0.15, -0.1) is 0 Å². The molecule has 0 aliphatic rings. The van der Waals surface area contributed by atoms with Gasteiger partial charge in [0, 0.05) is 0 Å². The molecule has 0 amide bonds. The molecule has 0 radical (unpaired) electrons. The van der Waals surface area contributed by atoms with E-state index in [4.69, 9.17) is 0 Å². The molecule has 0 bridgehead atoms. The zero-order chi connectivity index (χ0) is 5.98. The first-order chi connectivity index (χ1) is 3.84. The Hall–Kier alpha value is -0.990. The molecular weight excluding hydrogens is 106 g/mol. The summed E-state index contributed by atoms with van der Waals surface area (Å²) in [4.78, 5) is 10.5. The maximum atomic E-state index is 10.5. The third kappa shape index (κ3) is 0.665. The fourth-order valence-electron chi connectivity index (χ4n) is 0.517. The lowest BCUT2D eigenvalue weighted by molar-refractivity contribution is 0.413. The number of aromatic nitrogens is 1. The van der Waals surface area contributed by atoms with Gasteiger partial charge < -0.3 is 4.52 Å². The van der Waals surface area contributed by atoms with E-state index in [1.165, 1.54) is 6.26 Å². The summed E-state index contributed by atoms with van der Waals surface area (Å²) in [6.07, 6.45) is 2.16. The Balaban J connectivity index is 3.11. The Bertz CT molecular complexity index is 210. The molecule has 0 aliphatic carbocycles. The summed E-state index contributed by atoms with van der Waals surface area (Å²) in [5, 5.41) is 2.19. The number of aryl methyl sites for hydroxylation is 1. The molecule has 8 heavy (non-hydrogen) atoms. The minimum absolute atomic E-state index is 0.118. The highest BCUT2D eigenvalue weighted by Gasteiger charge is 1.94. The predicted molar refractivity (Wildman–Crippen MR) is 28.7 cm³/mol. The molecule has 1 aromatic rings. The average Bonchev–Trinajstić information content (AvgIpc) is 2.14. The van der Waals surface area contributed by atoms with Crippen LogP contribution in [0.1, 0.15) is 12.5 Å². The van der Waals surface area contributed by atoms with Crippen molar-refractivity contribution in [1.29, 1.82) is 0 Å². The Morgan fingerprint density at radius 2 is 2.62 bits per heavy atom. The summed E-state index contributed by atoms with van der Waals surface area (Å²) in [5.74, 6) is 0. The molecule has 1 rings (SSSR count). The maximum absolute atomic E-state index is 10.5. The maximum Gasteiger partial charge on any atom is 0.283 e. The lowest BCUT2D eigenvalue weighted by Crippen LogP contribution is -2.02. The highest BCUT2D eigenvalue weighted by Crippen LogP contribution is 1.87. The van der Waals surface area contributed by atoms with Crippen LogP contribution < -0.4 is 5.56 Å². The summed E-state index contributed by atoms with van der Waals surface area (Å²) < 4.78 is 4.50. The molecule has 0 saturated carbocycles. The van der Waals surface area contributed by atoms with Crippen molar-refractivity contribution >= 4 is 0 Å². The highest BCUT2D eigenvalue weighted by atomic mass is 16.5. The molecule has 0 aromatic carbocycles. The fourth-order valence-corrected chi connectivity index (χ4v) is 0.517. The van der Waals surface area contributed by atoms with Gasteiger partial charge in [-0.2, -0.15) is 5.16 Å². The van der Waals surface area contributed by atoms with Crippen LogP contribution in [0.4, 0.5) is 0 Å². The van der Waals surface area contributed by atoms with E-state index in [2.05, 4.69) is 9.68 Å². The van der Waals surface area contributed by atoms with E-state index < -0.39 is 0 Å². The fraction of sp³-hybridized carbons (Fsp3) is 0.400. The van der Waals surface area contributed by atoms with Crippen LogP contribution >= 0.6 is 0 Å². The zero-order valence-electron chi connectivity index (χ0n) is 4.60. The van der Waals surface area contributed by atoms with Crippen molar-refractivity contribution < 1.29 is 4.52 Å². The van der Waals surface area contributed by atoms with Crippen molar-refractivity contribution in [3.8, 4) is 0 Å². The number of H-pyrrole nitrogens is 1. The number of hydrogen-bond donors (Lipinski definition) is 1. The van der Waals surface area contributed by atoms with E-state index in [9.17, 15) is 4.79 Å². The minimum Gasteiger partial charge on any atom is -0.387 e. The quantitative estimate of drug-likeness (QED) is 0.577. The SMILES string of the molecule is CCc1co[nH]c1=O. The van der Waals surface area contributed by atoms with Crippen LogP contribution in [0.15, 0.2) is 15.6 Å². The molecule has 0 fully saturated rings. The monoisotopic (exact) mass is 113 g/mol. The summed E-state index contributed by atoms with van der Waals surface area (Å²) >= 11 is 0. The first kappa shape index (κ1) is 5.15. The van der Waals surface area contributed by atoms with E-state index in [0.29, 0.717) is 5.56 Å². The van der Waals surface area contributed by atoms with E-state index in [0.717, 1.165) is 6.42 Å². The van der Waals surface area contributed by atoms with Crippen LogP contribution in [0.3, 0.4) is 0 Å². The number of aromatic amines is 1. The van der Waals surface area contributed by atoms with Gasteiger partial charge in [-0.3, -0.25) is 4.79 Å². The van der Waals surface area contributed by atoms with Crippen LogP contribution in [-0.2, 0) is 6.42 Å². The smallest absolute Gasteiger partial charge is 0.283 e. The van der Waals surface area contributed by atoms with Crippen molar-refractivity contribution in [3.05, 3.63) is 22.2 Å². The van der Waals surface area contributed by atoms with Crippen molar-refractivity contribution in [2.45, 2.75) is 13.3 Å². The van der Waals surface area contributed by atoms with Gasteiger partial charge >= 0.3 is 0 Å². The van der Waals surface area contributed by atoms with Crippen LogP contribution in [0.2, 0.25) is 0 Å². The number of nitrogens with one attached hydrogen (secondary N) is 1. The summed E-state index contributed by atoms with van der Waals surface area (Å²) in [6, 6.07) is 0. The second-order valence-corrected chi connectivity index (χ2v) is 1.55.